The van der Waals surface area contributed by atoms with Gasteiger partial charge in [-0.2, -0.15) is 0 Å². The number of nitrogens with zero attached hydrogens (tertiary/aromatic N) is 1. The zero-order chi connectivity index (χ0) is 15.5. The molecule has 5 nitrogen and oxygen atoms in total. The predicted molar refractivity (Wildman–Crippen MR) is 87.8 cm³/mol. The van der Waals surface area contributed by atoms with E-state index in [0.717, 1.165) is 13.1 Å². The van der Waals surface area contributed by atoms with Gasteiger partial charge in [-0.15, -0.1) is 0 Å². The van der Waals surface area contributed by atoms with Gasteiger partial charge in [0.2, 0.25) is 10.0 Å². The number of rotatable bonds is 8. The molecular weight excluding hydrogens is 306 g/mol. The van der Waals surface area contributed by atoms with Crippen molar-refractivity contribution >= 4 is 27.2 Å². The molecule has 116 valence electrons. The Morgan fingerprint density at radius 3 is 2.76 bits per heavy atom. The molecule has 1 saturated carbocycles. The molecule has 0 aliphatic heterocycles. The highest BCUT2D eigenvalue weighted by atomic mass is 32.2. The maximum Gasteiger partial charge on any atom is 0.240 e. The van der Waals surface area contributed by atoms with Crippen molar-refractivity contribution in [2.45, 2.75) is 30.7 Å². The minimum absolute atomic E-state index is 0.193. The summed E-state index contributed by atoms with van der Waals surface area (Å²) in [6.07, 6.45) is 2.44. The molecule has 0 unspecified atom stereocenters. The van der Waals surface area contributed by atoms with E-state index in [0.29, 0.717) is 18.2 Å². The Labute approximate surface area is 131 Å². The Bertz CT molecular complexity index is 612. The molecule has 1 aliphatic carbocycles. The van der Waals surface area contributed by atoms with Gasteiger partial charge in [-0.05, 0) is 31.5 Å². The highest BCUT2D eigenvalue weighted by Gasteiger charge is 2.27. The lowest BCUT2D eigenvalue weighted by Gasteiger charge is -2.19. The Balaban J connectivity index is 1.97. The Kier molecular flexibility index (Phi) is 5.32. The first-order chi connectivity index (χ1) is 9.94. The van der Waals surface area contributed by atoms with Crippen molar-refractivity contribution < 1.29 is 8.42 Å². The lowest BCUT2D eigenvalue weighted by molar-refractivity contribution is 0.282. The van der Waals surface area contributed by atoms with Crippen LogP contribution in [0, 0.1) is 0 Å². The molecule has 3 N–H and O–H groups in total. The molecule has 0 bridgehead atoms. The highest BCUT2D eigenvalue weighted by molar-refractivity contribution is 7.89. The van der Waals surface area contributed by atoms with Gasteiger partial charge in [0.05, 0.1) is 4.90 Å². The molecular formula is C14H21N3O2S2. The van der Waals surface area contributed by atoms with E-state index in [1.807, 2.05) is 0 Å². The summed E-state index contributed by atoms with van der Waals surface area (Å²) >= 11 is 4.87. The van der Waals surface area contributed by atoms with E-state index in [9.17, 15) is 8.42 Å². The van der Waals surface area contributed by atoms with E-state index in [-0.39, 0.29) is 9.88 Å². The predicted octanol–water partition coefficient (Wildman–Crippen LogP) is 1.08. The van der Waals surface area contributed by atoms with E-state index in [4.69, 9.17) is 18.0 Å². The van der Waals surface area contributed by atoms with Crippen LogP contribution in [0.1, 0.15) is 25.3 Å². The maximum absolute atomic E-state index is 12.2. The van der Waals surface area contributed by atoms with E-state index < -0.39 is 10.0 Å². The fraction of sp³-hybridized carbons (Fsp3) is 0.500. The zero-order valence-electron chi connectivity index (χ0n) is 12.1. The quantitative estimate of drug-likeness (QED) is 0.699. The number of likely N-dealkylation sites (N-methyl/N-ethyl adjacent to an activating group) is 1. The van der Waals surface area contributed by atoms with Crippen LogP contribution in [0.5, 0.6) is 0 Å². The van der Waals surface area contributed by atoms with Crippen LogP contribution in [0.25, 0.3) is 0 Å². The number of thiocarbonyl (C=S) groups is 1. The van der Waals surface area contributed by atoms with Gasteiger partial charge in [-0.25, -0.2) is 13.1 Å². The third-order valence-electron chi connectivity index (χ3n) is 3.59. The molecule has 2 rings (SSSR count). The first-order valence-electron chi connectivity index (χ1n) is 7.07. The molecule has 0 amide bonds. The monoisotopic (exact) mass is 327 g/mol. The van der Waals surface area contributed by atoms with Crippen molar-refractivity contribution in [3.63, 3.8) is 0 Å². The van der Waals surface area contributed by atoms with Crippen LogP contribution in [0.3, 0.4) is 0 Å². The van der Waals surface area contributed by atoms with Crippen LogP contribution in [0.2, 0.25) is 0 Å². The number of hydrogen-bond donors (Lipinski definition) is 2. The number of hydrogen-bond acceptors (Lipinski definition) is 4. The van der Waals surface area contributed by atoms with Crippen molar-refractivity contribution in [3.8, 4) is 0 Å². The zero-order valence-corrected chi connectivity index (χ0v) is 13.7. The molecule has 1 aromatic carbocycles. The molecule has 1 aliphatic rings. The highest BCUT2D eigenvalue weighted by Crippen LogP contribution is 2.25. The number of nitrogens with one attached hydrogen (secondary N) is 1. The summed E-state index contributed by atoms with van der Waals surface area (Å²) < 4.78 is 27.1. The summed E-state index contributed by atoms with van der Waals surface area (Å²) in [5.74, 6) is 0. The van der Waals surface area contributed by atoms with E-state index in [1.165, 1.54) is 18.9 Å². The second-order valence-corrected chi connectivity index (χ2v) is 7.36. The summed E-state index contributed by atoms with van der Waals surface area (Å²) in [5, 5.41) is 0. The molecule has 1 aromatic rings. The molecule has 0 spiro atoms. The smallest absolute Gasteiger partial charge is 0.240 e. The maximum atomic E-state index is 12.2. The van der Waals surface area contributed by atoms with Crippen LogP contribution in [0.15, 0.2) is 29.2 Å². The number of benzene rings is 1. The largest absolute Gasteiger partial charge is 0.389 e. The van der Waals surface area contributed by atoms with Crippen LogP contribution < -0.4 is 10.5 Å². The standard InChI is InChI=1S/C14H21N3O2S2/c1-2-17(12-6-7-12)9-8-16-21(18,19)13-5-3-4-11(10-13)14(15)20/h3-5,10,12,16H,2,6-9H2,1H3,(H2,15,20). The minimum atomic E-state index is -3.52. The molecule has 21 heavy (non-hydrogen) atoms. The van der Waals surface area contributed by atoms with Crippen molar-refractivity contribution in [1.82, 2.24) is 9.62 Å². The lowest BCUT2D eigenvalue weighted by Crippen LogP contribution is -2.36. The van der Waals surface area contributed by atoms with Gasteiger partial charge < -0.3 is 5.73 Å². The third-order valence-corrected chi connectivity index (χ3v) is 5.28. The first-order valence-corrected chi connectivity index (χ1v) is 8.96. The van der Waals surface area contributed by atoms with Crippen LogP contribution in [0.4, 0.5) is 0 Å². The van der Waals surface area contributed by atoms with Crippen molar-refractivity contribution in [1.29, 1.82) is 0 Å². The van der Waals surface area contributed by atoms with Gasteiger partial charge in [0.15, 0.2) is 0 Å². The van der Waals surface area contributed by atoms with Crippen LogP contribution in [-0.2, 0) is 10.0 Å². The summed E-state index contributed by atoms with van der Waals surface area (Å²) in [4.78, 5) is 2.69. The van der Waals surface area contributed by atoms with Gasteiger partial charge in [-0.1, -0.05) is 31.3 Å². The fourth-order valence-corrected chi connectivity index (χ4v) is 3.46. The van der Waals surface area contributed by atoms with E-state index in [2.05, 4.69) is 16.5 Å². The molecule has 0 heterocycles. The topological polar surface area (TPSA) is 75.4 Å². The van der Waals surface area contributed by atoms with E-state index >= 15 is 0 Å². The first kappa shape index (κ1) is 16.4. The average Bonchev–Trinajstić information content (AvgIpc) is 3.28. The summed E-state index contributed by atoms with van der Waals surface area (Å²) in [5.41, 5.74) is 6.09. The van der Waals surface area contributed by atoms with Crippen molar-refractivity contribution in [2.24, 2.45) is 5.73 Å². The molecule has 0 saturated heterocycles. The van der Waals surface area contributed by atoms with Gasteiger partial charge in [0, 0.05) is 24.7 Å². The van der Waals surface area contributed by atoms with Crippen LogP contribution >= 0.6 is 12.2 Å². The Hall–Kier alpha value is -1.02. The summed E-state index contributed by atoms with van der Waals surface area (Å²) in [6, 6.07) is 7.03. The second kappa shape index (κ2) is 6.83. The fourth-order valence-electron chi connectivity index (χ4n) is 2.26. The third kappa shape index (κ3) is 4.47. The lowest BCUT2D eigenvalue weighted by atomic mass is 10.2. The van der Waals surface area contributed by atoms with Crippen LogP contribution in [-0.4, -0.2) is 44.0 Å². The van der Waals surface area contributed by atoms with Crippen molar-refractivity contribution in [3.05, 3.63) is 29.8 Å². The normalized spacial score (nSPS) is 15.3. The molecule has 0 aromatic heterocycles. The SMILES string of the molecule is CCN(CCNS(=O)(=O)c1cccc(C(N)=S)c1)C1CC1. The Morgan fingerprint density at radius 1 is 1.48 bits per heavy atom. The van der Waals surface area contributed by atoms with E-state index in [1.54, 1.807) is 18.2 Å². The molecule has 0 radical (unpaired) electrons. The minimum Gasteiger partial charge on any atom is -0.389 e. The Morgan fingerprint density at radius 2 is 2.19 bits per heavy atom. The van der Waals surface area contributed by atoms with Gasteiger partial charge in [0.25, 0.3) is 0 Å². The number of sulfonamides is 1. The second-order valence-electron chi connectivity index (χ2n) is 5.15. The van der Waals surface area contributed by atoms with Crippen molar-refractivity contribution in [2.75, 3.05) is 19.6 Å². The van der Waals surface area contributed by atoms with Gasteiger partial charge in [0.1, 0.15) is 4.99 Å². The van der Waals surface area contributed by atoms with Gasteiger partial charge >= 0.3 is 0 Å². The molecule has 0 atom stereocenters. The molecule has 1 fully saturated rings. The summed E-state index contributed by atoms with van der Waals surface area (Å²) in [6.45, 7) is 4.18. The molecule has 7 heteroatoms. The summed E-state index contributed by atoms with van der Waals surface area (Å²) in [7, 11) is -3.52. The van der Waals surface area contributed by atoms with Gasteiger partial charge in [-0.3, -0.25) is 4.90 Å². The number of nitrogens with two attached hydrogens (primary N) is 1. The average molecular weight is 327 g/mol.